The first-order valence-corrected chi connectivity index (χ1v) is 7.39. The Morgan fingerprint density at radius 3 is 2.59 bits per heavy atom. The molecule has 0 bridgehead atoms. The van der Waals surface area contributed by atoms with Gasteiger partial charge in [-0.25, -0.2) is 14.8 Å². The highest BCUT2D eigenvalue weighted by atomic mass is 19.4. The SMILES string of the molecule is Cc1ccncc1COC(=O)Nc1cnc(-c2noc(C(F)(F)F)n2)nc1. The number of amides is 1. The standard InChI is InChI=1S/C15H11F3N6O3/c1-8-2-3-19-4-9(8)7-26-14(25)22-10-5-20-11(21-6-10)12-23-13(27-24-12)15(16,17)18/h2-6H,7H2,1H3,(H,22,25). The fourth-order valence-electron chi connectivity index (χ4n) is 1.88. The topological polar surface area (TPSA) is 116 Å². The minimum absolute atomic E-state index is 0.0214. The van der Waals surface area contributed by atoms with E-state index in [1.807, 2.05) is 6.92 Å². The summed E-state index contributed by atoms with van der Waals surface area (Å²) in [5, 5.41) is 5.55. The van der Waals surface area contributed by atoms with Gasteiger partial charge in [0.05, 0.1) is 18.1 Å². The van der Waals surface area contributed by atoms with Crippen LogP contribution in [0.2, 0.25) is 0 Å². The lowest BCUT2D eigenvalue weighted by Gasteiger charge is -2.08. The maximum atomic E-state index is 12.4. The summed E-state index contributed by atoms with van der Waals surface area (Å²) in [7, 11) is 0. The molecule has 0 radical (unpaired) electrons. The zero-order valence-electron chi connectivity index (χ0n) is 13.7. The highest BCUT2D eigenvalue weighted by molar-refractivity contribution is 5.84. The van der Waals surface area contributed by atoms with Gasteiger partial charge in [0.25, 0.3) is 0 Å². The monoisotopic (exact) mass is 380 g/mol. The van der Waals surface area contributed by atoms with Crippen molar-refractivity contribution in [3.63, 3.8) is 0 Å². The average molecular weight is 380 g/mol. The Hall–Kier alpha value is -3.57. The van der Waals surface area contributed by atoms with Crippen molar-refractivity contribution in [3.8, 4) is 11.6 Å². The molecule has 0 aliphatic heterocycles. The number of carbonyl (C=O) groups is 1. The molecule has 12 heteroatoms. The maximum Gasteiger partial charge on any atom is 0.471 e. The van der Waals surface area contributed by atoms with E-state index in [0.29, 0.717) is 0 Å². The number of hydrogen-bond donors (Lipinski definition) is 1. The molecule has 0 atom stereocenters. The summed E-state index contributed by atoms with van der Waals surface area (Å²) in [5.74, 6) is -2.12. The molecule has 0 aliphatic rings. The van der Waals surface area contributed by atoms with Gasteiger partial charge in [-0.2, -0.15) is 18.2 Å². The molecular formula is C15H11F3N6O3. The van der Waals surface area contributed by atoms with Crippen LogP contribution in [-0.4, -0.2) is 31.2 Å². The molecule has 140 valence electrons. The Labute approximate surface area is 149 Å². The fraction of sp³-hybridized carbons (Fsp3) is 0.200. The van der Waals surface area contributed by atoms with Gasteiger partial charge >= 0.3 is 18.2 Å². The molecule has 1 N–H and O–H groups in total. The number of rotatable bonds is 4. The van der Waals surface area contributed by atoms with E-state index in [4.69, 9.17) is 4.74 Å². The molecule has 0 unspecified atom stereocenters. The summed E-state index contributed by atoms with van der Waals surface area (Å²) in [5.41, 5.74) is 1.84. The van der Waals surface area contributed by atoms with Crippen molar-refractivity contribution in [2.75, 3.05) is 5.32 Å². The van der Waals surface area contributed by atoms with Gasteiger partial charge < -0.3 is 9.26 Å². The van der Waals surface area contributed by atoms with Crippen molar-refractivity contribution < 1.29 is 27.2 Å². The molecule has 3 heterocycles. The van der Waals surface area contributed by atoms with Crippen LogP contribution in [-0.2, 0) is 17.5 Å². The van der Waals surface area contributed by atoms with Crippen LogP contribution in [0.3, 0.4) is 0 Å². The Morgan fingerprint density at radius 1 is 1.22 bits per heavy atom. The van der Waals surface area contributed by atoms with E-state index in [2.05, 4.69) is 34.9 Å². The summed E-state index contributed by atoms with van der Waals surface area (Å²) in [6, 6.07) is 1.78. The smallest absolute Gasteiger partial charge is 0.444 e. The average Bonchev–Trinajstić information content (AvgIpc) is 3.12. The molecule has 3 aromatic heterocycles. The lowest BCUT2D eigenvalue weighted by molar-refractivity contribution is -0.159. The molecule has 9 nitrogen and oxygen atoms in total. The van der Waals surface area contributed by atoms with Crippen molar-refractivity contribution in [2.24, 2.45) is 0 Å². The number of carbonyl (C=O) groups excluding carboxylic acids is 1. The zero-order chi connectivity index (χ0) is 19.4. The summed E-state index contributed by atoms with van der Waals surface area (Å²) in [6.45, 7) is 1.88. The number of pyridine rings is 1. The summed E-state index contributed by atoms with van der Waals surface area (Å²) in [4.78, 5) is 26.5. The first-order valence-electron chi connectivity index (χ1n) is 7.39. The zero-order valence-corrected chi connectivity index (χ0v) is 13.7. The molecule has 0 spiro atoms. The van der Waals surface area contributed by atoms with Crippen LogP contribution >= 0.6 is 0 Å². The second-order valence-electron chi connectivity index (χ2n) is 5.22. The highest BCUT2D eigenvalue weighted by Gasteiger charge is 2.38. The largest absolute Gasteiger partial charge is 0.471 e. The van der Waals surface area contributed by atoms with Gasteiger partial charge in [-0.05, 0) is 18.6 Å². The van der Waals surface area contributed by atoms with E-state index in [9.17, 15) is 18.0 Å². The molecule has 0 aromatic carbocycles. The first-order chi connectivity index (χ1) is 12.8. The molecular weight excluding hydrogens is 369 g/mol. The van der Waals surface area contributed by atoms with Crippen LogP contribution in [0, 0.1) is 6.92 Å². The van der Waals surface area contributed by atoms with Crippen LogP contribution in [0.4, 0.5) is 23.7 Å². The van der Waals surface area contributed by atoms with Crippen molar-refractivity contribution >= 4 is 11.8 Å². The third-order valence-electron chi connectivity index (χ3n) is 3.27. The van der Waals surface area contributed by atoms with E-state index in [-0.39, 0.29) is 18.1 Å². The quantitative estimate of drug-likeness (QED) is 0.734. The van der Waals surface area contributed by atoms with E-state index in [1.165, 1.54) is 12.4 Å². The van der Waals surface area contributed by atoms with Crippen molar-refractivity contribution in [3.05, 3.63) is 47.9 Å². The van der Waals surface area contributed by atoms with Gasteiger partial charge in [0.2, 0.25) is 11.6 Å². The Morgan fingerprint density at radius 2 is 1.96 bits per heavy atom. The molecule has 0 fully saturated rings. The van der Waals surface area contributed by atoms with Crippen molar-refractivity contribution in [1.82, 2.24) is 25.1 Å². The van der Waals surface area contributed by atoms with Gasteiger partial charge in [-0.1, -0.05) is 5.16 Å². The van der Waals surface area contributed by atoms with Crippen LogP contribution in [0.25, 0.3) is 11.6 Å². The van der Waals surface area contributed by atoms with E-state index in [1.54, 1.807) is 18.5 Å². The molecule has 0 saturated heterocycles. The molecule has 0 saturated carbocycles. The normalized spacial score (nSPS) is 11.3. The number of anilines is 1. The molecule has 27 heavy (non-hydrogen) atoms. The van der Waals surface area contributed by atoms with Crippen LogP contribution in [0.5, 0.6) is 0 Å². The van der Waals surface area contributed by atoms with Crippen LogP contribution in [0.15, 0.2) is 35.4 Å². The molecule has 3 rings (SSSR count). The van der Waals surface area contributed by atoms with Crippen molar-refractivity contribution in [1.29, 1.82) is 0 Å². The number of aromatic nitrogens is 5. The second kappa shape index (κ2) is 7.35. The number of alkyl halides is 3. The summed E-state index contributed by atoms with van der Waals surface area (Å²) < 4.78 is 46.5. The lowest BCUT2D eigenvalue weighted by Crippen LogP contribution is -2.14. The van der Waals surface area contributed by atoms with Gasteiger partial charge in [-0.3, -0.25) is 10.3 Å². The second-order valence-corrected chi connectivity index (χ2v) is 5.22. The number of ether oxygens (including phenoxy) is 1. The number of halogens is 3. The highest BCUT2D eigenvalue weighted by Crippen LogP contribution is 2.28. The van der Waals surface area contributed by atoms with Crippen LogP contribution < -0.4 is 5.32 Å². The Kier molecular flexibility index (Phi) is 4.96. The summed E-state index contributed by atoms with van der Waals surface area (Å²) >= 11 is 0. The van der Waals surface area contributed by atoms with Gasteiger partial charge in [0.1, 0.15) is 6.61 Å². The van der Waals surface area contributed by atoms with Crippen LogP contribution in [0.1, 0.15) is 17.0 Å². The molecule has 3 aromatic rings. The van der Waals surface area contributed by atoms with Gasteiger partial charge in [0.15, 0.2) is 0 Å². The Bertz CT molecular complexity index is 942. The van der Waals surface area contributed by atoms with E-state index in [0.717, 1.165) is 11.1 Å². The van der Waals surface area contributed by atoms with Crippen molar-refractivity contribution in [2.45, 2.75) is 19.7 Å². The van der Waals surface area contributed by atoms with E-state index < -0.39 is 24.0 Å². The minimum atomic E-state index is -4.76. The van der Waals surface area contributed by atoms with Gasteiger partial charge in [-0.15, -0.1) is 0 Å². The summed E-state index contributed by atoms with van der Waals surface area (Å²) in [6.07, 6.45) is 0.0298. The maximum absolute atomic E-state index is 12.4. The lowest BCUT2D eigenvalue weighted by atomic mass is 10.2. The number of hydrogen-bond acceptors (Lipinski definition) is 8. The molecule has 0 aliphatic carbocycles. The number of nitrogens with zero attached hydrogens (tertiary/aromatic N) is 5. The number of aryl methyl sites for hydroxylation is 1. The van der Waals surface area contributed by atoms with E-state index >= 15 is 0 Å². The first kappa shape index (κ1) is 18.2. The number of nitrogens with one attached hydrogen (secondary N) is 1. The molecule has 1 amide bonds. The predicted molar refractivity (Wildman–Crippen MR) is 83.1 cm³/mol. The van der Waals surface area contributed by atoms with Gasteiger partial charge in [0, 0.05) is 18.0 Å². The minimum Gasteiger partial charge on any atom is -0.444 e. The Balaban J connectivity index is 1.59. The third kappa shape index (κ3) is 4.54. The predicted octanol–water partition coefficient (Wildman–Crippen LogP) is 3.00. The fourth-order valence-corrected chi connectivity index (χ4v) is 1.88. The third-order valence-corrected chi connectivity index (χ3v) is 3.27.